The lowest BCUT2D eigenvalue weighted by Crippen LogP contribution is -2.39. The lowest BCUT2D eigenvalue weighted by Gasteiger charge is -2.32. The fourth-order valence-electron chi connectivity index (χ4n) is 4.88. The summed E-state index contributed by atoms with van der Waals surface area (Å²) in [4.78, 5) is 33.3. The topological polar surface area (TPSA) is 55.2 Å². The van der Waals surface area contributed by atoms with Crippen LogP contribution in [0.5, 0.6) is 0 Å². The van der Waals surface area contributed by atoms with Crippen molar-refractivity contribution in [2.75, 3.05) is 18.8 Å². The molecule has 4 aromatic rings. The largest absolute Gasteiger partial charge is 0.342 e. The van der Waals surface area contributed by atoms with Crippen molar-refractivity contribution in [1.29, 1.82) is 0 Å². The summed E-state index contributed by atoms with van der Waals surface area (Å²) in [7, 11) is 0. The maximum Gasteiger partial charge on any atom is 0.266 e. The number of aryl methyl sites for hydroxylation is 2. The van der Waals surface area contributed by atoms with Crippen LogP contribution in [0.4, 0.5) is 0 Å². The van der Waals surface area contributed by atoms with Crippen LogP contribution >= 0.6 is 35.0 Å². The predicted molar refractivity (Wildman–Crippen MR) is 157 cm³/mol. The third kappa shape index (κ3) is 6.09. The molecule has 1 aromatic heterocycles. The van der Waals surface area contributed by atoms with Crippen LogP contribution in [0, 0.1) is 12.8 Å². The highest BCUT2D eigenvalue weighted by atomic mass is 35.5. The zero-order valence-electron chi connectivity index (χ0n) is 21.2. The molecule has 1 saturated heterocycles. The van der Waals surface area contributed by atoms with Crippen molar-refractivity contribution in [1.82, 2.24) is 14.5 Å². The third-order valence-corrected chi connectivity index (χ3v) is 8.82. The lowest BCUT2D eigenvalue weighted by atomic mass is 9.90. The Hall–Kier alpha value is -2.80. The summed E-state index contributed by atoms with van der Waals surface area (Å²) in [6.07, 6.45) is 4.26. The fourth-order valence-corrected chi connectivity index (χ4v) is 6.08. The normalized spacial score (nSPS) is 14.2. The Kier molecular flexibility index (Phi) is 8.42. The van der Waals surface area contributed by atoms with Crippen molar-refractivity contribution < 1.29 is 4.79 Å². The maximum atomic E-state index is 13.4. The molecule has 8 heteroatoms. The Morgan fingerprint density at radius 3 is 2.47 bits per heavy atom. The molecule has 0 aliphatic carbocycles. The van der Waals surface area contributed by atoms with E-state index in [1.54, 1.807) is 24.3 Å². The summed E-state index contributed by atoms with van der Waals surface area (Å²) in [5.41, 5.74) is 3.61. The molecule has 5 rings (SSSR count). The van der Waals surface area contributed by atoms with Gasteiger partial charge in [-0.15, -0.1) is 0 Å². The molecular weight excluding hydrogens is 537 g/mol. The van der Waals surface area contributed by atoms with Gasteiger partial charge in [0, 0.05) is 13.1 Å². The number of nitrogens with zero attached hydrogens (tertiary/aromatic N) is 3. The van der Waals surface area contributed by atoms with Gasteiger partial charge in [-0.2, -0.15) is 0 Å². The quantitative estimate of drug-likeness (QED) is 0.179. The molecule has 0 N–H and O–H groups in total. The minimum Gasteiger partial charge on any atom is -0.342 e. The van der Waals surface area contributed by atoms with Gasteiger partial charge in [0.15, 0.2) is 5.16 Å². The number of thioether (sulfide) groups is 1. The smallest absolute Gasteiger partial charge is 0.266 e. The average Bonchev–Trinajstić information content (AvgIpc) is 2.93. The molecule has 38 heavy (non-hydrogen) atoms. The van der Waals surface area contributed by atoms with Gasteiger partial charge < -0.3 is 4.90 Å². The Morgan fingerprint density at radius 2 is 1.74 bits per heavy atom. The van der Waals surface area contributed by atoms with Gasteiger partial charge in [-0.05, 0) is 74.4 Å². The van der Waals surface area contributed by atoms with Gasteiger partial charge in [-0.25, -0.2) is 4.98 Å². The van der Waals surface area contributed by atoms with Crippen LogP contribution in [0.25, 0.3) is 16.6 Å². The summed E-state index contributed by atoms with van der Waals surface area (Å²) < 4.78 is 1.51. The number of aromatic nitrogens is 2. The molecule has 1 fully saturated rings. The van der Waals surface area contributed by atoms with Crippen molar-refractivity contribution in [3.05, 3.63) is 98.3 Å². The number of piperidine rings is 1. The number of hydrogen-bond donors (Lipinski definition) is 0. The van der Waals surface area contributed by atoms with Crippen LogP contribution in [-0.4, -0.2) is 39.2 Å². The number of carbonyl (C=O) groups excluding carboxylic acids is 1. The van der Waals surface area contributed by atoms with Gasteiger partial charge in [0.05, 0.1) is 32.4 Å². The minimum atomic E-state index is -0.210. The summed E-state index contributed by atoms with van der Waals surface area (Å²) in [5.74, 6) is 0.908. The van der Waals surface area contributed by atoms with Crippen LogP contribution in [0.15, 0.2) is 76.7 Å². The van der Waals surface area contributed by atoms with Crippen molar-refractivity contribution in [3.63, 3.8) is 0 Å². The van der Waals surface area contributed by atoms with Gasteiger partial charge in [0.25, 0.3) is 5.56 Å². The molecule has 0 atom stereocenters. The van der Waals surface area contributed by atoms with Crippen LogP contribution in [0.3, 0.4) is 0 Å². The second-order valence-electron chi connectivity index (χ2n) is 9.79. The summed E-state index contributed by atoms with van der Waals surface area (Å²) in [6.45, 7) is 3.64. The van der Waals surface area contributed by atoms with Crippen molar-refractivity contribution >= 4 is 51.8 Å². The van der Waals surface area contributed by atoms with E-state index in [2.05, 4.69) is 31.2 Å². The molecule has 0 unspecified atom stereocenters. The average molecular weight is 567 g/mol. The first kappa shape index (κ1) is 26.8. The highest BCUT2D eigenvalue weighted by molar-refractivity contribution is 7.99. The molecule has 1 aliphatic rings. The van der Waals surface area contributed by atoms with Crippen molar-refractivity contribution in [2.24, 2.45) is 5.92 Å². The first-order chi connectivity index (χ1) is 18.4. The van der Waals surface area contributed by atoms with Gasteiger partial charge in [-0.1, -0.05) is 76.9 Å². The molecule has 5 nitrogen and oxygen atoms in total. The molecule has 1 aliphatic heterocycles. The molecular formula is C30H29Cl2N3O2S. The van der Waals surface area contributed by atoms with E-state index >= 15 is 0 Å². The SMILES string of the molecule is Cc1ccc(CCC2CCN(C(=O)CSc3nc4ccccc4c(=O)n3-c3ccc(Cl)c(Cl)c3)CC2)cc1. The molecule has 1 amide bonds. The lowest BCUT2D eigenvalue weighted by molar-refractivity contribution is -0.129. The Labute approximate surface area is 236 Å². The van der Waals surface area contributed by atoms with E-state index in [0.29, 0.717) is 37.7 Å². The van der Waals surface area contributed by atoms with Gasteiger partial charge in [0.1, 0.15) is 0 Å². The number of para-hydroxylation sites is 1. The van der Waals surface area contributed by atoms with Crippen molar-refractivity contribution in [3.8, 4) is 5.69 Å². The zero-order chi connectivity index (χ0) is 26.6. The van der Waals surface area contributed by atoms with Gasteiger partial charge in [-0.3, -0.25) is 14.2 Å². The first-order valence-corrected chi connectivity index (χ1v) is 14.6. The number of carbonyl (C=O) groups is 1. The molecule has 0 bridgehead atoms. The Bertz CT molecular complexity index is 1510. The molecule has 3 aromatic carbocycles. The van der Waals surface area contributed by atoms with Crippen LogP contribution in [-0.2, 0) is 11.2 Å². The van der Waals surface area contributed by atoms with Crippen LogP contribution < -0.4 is 5.56 Å². The molecule has 196 valence electrons. The summed E-state index contributed by atoms with van der Waals surface area (Å²) in [6, 6.07) is 21.0. The Morgan fingerprint density at radius 1 is 1.00 bits per heavy atom. The van der Waals surface area contributed by atoms with E-state index in [4.69, 9.17) is 28.2 Å². The van der Waals surface area contributed by atoms with Crippen LogP contribution in [0.2, 0.25) is 10.0 Å². The standard InChI is InChI=1S/C30H29Cl2N3O2S/c1-20-6-8-21(9-7-20)10-11-22-14-16-34(17-15-22)28(36)19-38-30-33-27-5-3-2-4-24(27)29(37)35(30)23-12-13-25(31)26(32)18-23/h2-9,12-13,18,22H,10-11,14-17,19H2,1H3. The number of amides is 1. The highest BCUT2D eigenvalue weighted by Gasteiger charge is 2.24. The second-order valence-corrected chi connectivity index (χ2v) is 11.5. The minimum absolute atomic E-state index is 0.0649. The van der Waals surface area contributed by atoms with Gasteiger partial charge >= 0.3 is 0 Å². The first-order valence-electron chi connectivity index (χ1n) is 12.8. The Balaban J connectivity index is 1.26. The van der Waals surface area contributed by atoms with E-state index in [0.717, 1.165) is 38.8 Å². The number of halogens is 2. The number of hydrogen-bond acceptors (Lipinski definition) is 4. The van der Waals surface area contributed by atoms with E-state index < -0.39 is 0 Å². The zero-order valence-corrected chi connectivity index (χ0v) is 23.5. The number of benzene rings is 3. The number of rotatable bonds is 7. The van der Waals surface area contributed by atoms with E-state index in [9.17, 15) is 9.59 Å². The fraction of sp³-hybridized carbons (Fsp3) is 0.300. The summed E-state index contributed by atoms with van der Waals surface area (Å²) in [5, 5.41) is 1.71. The number of likely N-dealkylation sites (tertiary alicyclic amines) is 1. The molecule has 2 heterocycles. The van der Waals surface area contributed by atoms with E-state index in [-0.39, 0.29) is 17.2 Å². The molecule has 0 radical (unpaired) electrons. The van der Waals surface area contributed by atoms with E-state index in [1.165, 1.54) is 27.5 Å². The van der Waals surface area contributed by atoms with E-state index in [1.807, 2.05) is 23.1 Å². The summed E-state index contributed by atoms with van der Waals surface area (Å²) >= 11 is 13.6. The predicted octanol–water partition coefficient (Wildman–Crippen LogP) is 6.96. The molecule has 0 spiro atoms. The number of fused-ring (bicyclic) bond motifs is 1. The third-order valence-electron chi connectivity index (χ3n) is 7.16. The molecule has 0 saturated carbocycles. The van der Waals surface area contributed by atoms with Crippen molar-refractivity contribution in [2.45, 2.75) is 37.8 Å². The highest BCUT2D eigenvalue weighted by Crippen LogP contribution is 2.28. The van der Waals surface area contributed by atoms with Gasteiger partial charge in [0.2, 0.25) is 5.91 Å². The van der Waals surface area contributed by atoms with Crippen LogP contribution in [0.1, 0.15) is 30.4 Å². The monoisotopic (exact) mass is 565 g/mol. The maximum absolute atomic E-state index is 13.4. The second kappa shape index (κ2) is 11.9.